The Morgan fingerprint density at radius 1 is 0.778 bits per heavy atom. The van der Waals surface area contributed by atoms with Crippen LogP contribution in [0.15, 0.2) is 30.3 Å². The Labute approximate surface area is 100 Å². The summed E-state index contributed by atoms with van der Waals surface area (Å²) in [6.45, 7) is 0. The number of hydrogen-bond acceptors (Lipinski definition) is 1. The van der Waals surface area contributed by atoms with E-state index in [2.05, 4.69) is 0 Å². The maximum atomic E-state index is 13.4. The number of rotatable bonds is 2. The Hall–Kier alpha value is -2.04. The smallest absolute Gasteiger partial charge is 0.203 e. The van der Waals surface area contributed by atoms with Crippen molar-refractivity contribution < 1.29 is 22.7 Å². The highest BCUT2D eigenvalue weighted by molar-refractivity contribution is 5.36. The van der Waals surface area contributed by atoms with Gasteiger partial charge in [-0.05, 0) is 5.56 Å². The molecule has 0 radical (unpaired) electrons. The van der Waals surface area contributed by atoms with Crippen molar-refractivity contribution in [3.8, 4) is 5.75 Å². The Balaban J connectivity index is 2.52. The standard InChI is InChI=1S/C13H8F4O/c14-9-8(6-7-4-2-1-3-5-7)10(15)12(17)13(18)11(9)16/h1-5,18H,6H2. The Bertz CT molecular complexity index is 552. The third kappa shape index (κ3) is 2.03. The van der Waals surface area contributed by atoms with E-state index in [0.29, 0.717) is 5.56 Å². The normalized spacial score (nSPS) is 10.7. The molecule has 0 aliphatic carbocycles. The van der Waals surface area contributed by atoms with Crippen LogP contribution < -0.4 is 0 Å². The molecule has 0 spiro atoms. The van der Waals surface area contributed by atoms with Crippen LogP contribution >= 0.6 is 0 Å². The molecule has 5 heteroatoms. The molecule has 0 bridgehead atoms. The molecule has 0 amide bonds. The molecule has 0 unspecified atom stereocenters. The van der Waals surface area contributed by atoms with Crippen LogP contribution in [-0.4, -0.2) is 5.11 Å². The SMILES string of the molecule is Oc1c(F)c(F)c(Cc2ccccc2)c(F)c1F. The lowest BCUT2D eigenvalue weighted by molar-refractivity contribution is 0.352. The maximum Gasteiger partial charge on any atom is 0.203 e. The van der Waals surface area contributed by atoms with Crippen LogP contribution in [0, 0.1) is 23.3 Å². The summed E-state index contributed by atoms with van der Waals surface area (Å²) in [5.74, 6) is -8.34. The largest absolute Gasteiger partial charge is 0.503 e. The zero-order valence-electron chi connectivity index (χ0n) is 9.05. The minimum atomic E-state index is -1.78. The molecule has 2 aromatic rings. The fraction of sp³-hybridized carbons (Fsp3) is 0.0769. The van der Waals surface area contributed by atoms with Crippen LogP contribution in [0.25, 0.3) is 0 Å². The van der Waals surface area contributed by atoms with Crippen molar-refractivity contribution >= 4 is 0 Å². The van der Waals surface area contributed by atoms with Gasteiger partial charge in [0.15, 0.2) is 17.4 Å². The number of benzene rings is 2. The fourth-order valence-electron chi connectivity index (χ4n) is 1.62. The van der Waals surface area contributed by atoms with Crippen LogP contribution in [0.2, 0.25) is 0 Å². The van der Waals surface area contributed by atoms with E-state index in [1.165, 1.54) is 0 Å². The molecule has 1 nitrogen and oxygen atoms in total. The zero-order valence-corrected chi connectivity index (χ0v) is 9.05. The van der Waals surface area contributed by atoms with Crippen LogP contribution in [0.4, 0.5) is 17.6 Å². The van der Waals surface area contributed by atoms with Gasteiger partial charge in [0.2, 0.25) is 11.6 Å². The number of aromatic hydroxyl groups is 1. The van der Waals surface area contributed by atoms with Crippen molar-refractivity contribution in [1.29, 1.82) is 0 Å². The molecule has 0 saturated carbocycles. The minimum absolute atomic E-state index is 0.299. The van der Waals surface area contributed by atoms with Crippen LogP contribution in [0.3, 0.4) is 0 Å². The van der Waals surface area contributed by atoms with Gasteiger partial charge in [0.25, 0.3) is 0 Å². The predicted octanol–water partition coefficient (Wildman–Crippen LogP) is 3.54. The van der Waals surface area contributed by atoms with Crippen LogP contribution in [0.5, 0.6) is 5.75 Å². The van der Waals surface area contributed by atoms with E-state index < -0.39 is 34.6 Å². The first-order chi connectivity index (χ1) is 8.52. The number of phenols is 1. The highest BCUT2D eigenvalue weighted by Crippen LogP contribution is 2.30. The van der Waals surface area contributed by atoms with Gasteiger partial charge in [0.1, 0.15) is 0 Å². The lowest BCUT2D eigenvalue weighted by Crippen LogP contribution is -2.04. The highest BCUT2D eigenvalue weighted by atomic mass is 19.2. The van der Waals surface area contributed by atoms with E-state index in [9.17, 15) is 17.6 Å². The Morgan fingerprint density at radius 2 is 1.28 bits per heavy atom. The molecule has 0 aliphatic rings. The molecule has 94 valence electrons. The lowest BCUT2D eigenvalue weighted by Gasteiger charge is -2.08. The summed E-state index contributed by atoms with van der Waals surface area (Å²) in [5, 5.41) is 8.83. The van der Waals surface area contributed by atoms with E-state index >= 15 is 0 Å². The Kier molecular flexibility index (Phi) is 3.23. The van der Waals surface area contributed by atoms with E-state index in [-0.39, 0.29) is 6.42 Å². The highest BCUT2D eigenvalue weighted by Gasteiger charge is 2.24. The van der Waals surface area contributed by atoms with Gasteiger partial charge in [-0.15, -0.1) is 0 Å². The van der Waals surface area contributed by atoms with Gasteiger partial charge < -0.3 is 5.11 Å². The average molecular weight is 256 g/mol. The van der Waals surface area contributed by atoms with Crippen LogP contribution in [-0.2, 0) is 6.42 Å². The first-order valence-electron chi connectivity index (χ1n) is 5.10. The summed E-state index contributed by atoms with van der Waals surface area (Å²) < 4.78 is 53.1. The van der Waals surface area contributed by atoms with Crippen molar-refractivity contribution in [3.05, 3.63) is 64.7 Å². The Morgan fingerprint density at radius 3 is 1.78 bits per heavy atom. The van der Waals surface area contributed by atoms with Crippen molar-refractivity contribution in [1.82, 2.24) is 0 Å². The molecule has 0 atom stereocenters. The summed E-state index contributed by atoms with van der Waals surface area (Å²) in [6, 6.07) is 8.12. The summed E-state index contributed by atoms with van der Waals surface area (Å²) in [6.07, 6.45) is -0.299. The molecule has 2 rings (SSSR count). The lowest BCUT2D eigenvalue weighted by atomic mass is 10.0. The number of phenolic OH excluding ortho intramolecular Hbond substituents is 1. The topological polar surface area (TPSA) is 20.2 Å². The number of hydrogen-bond donors (Lipinski definition) is 1. The van der Waals surface area contributed by atoms with Crippen molar-refractivity contribution in [2.75, 3.05) is 0 Å². The molecular weight excluding hydrogens is 248 g/mol. The third-order valence-electron chi connectivity index (χ3n) is 2.55. The van der Waals surface area contributed by atoms with E-state index in [1.807, 2.05) is 0 Å². The van der Waals surface area contributed by atoms with Gasteiger partial charge >= 0.3 is 0 Å². The van der Waals surface area contributed by atoms with E-state index in [0.717, 1.165) is 0 Å². The molecule has 2 aromatic carbocycles. The monoisotopic (exact) mass is 256 g/mol. The molecule has 0 aliphatic heterocycles. The third-order valence-corrected chi connectivity index (χ3v) is 2.55. The molecule has 18 heavy (non-hydrogen) atoms. The average Bonchev–Trinajstić information content (AvgIpc) is 2.40. The quantitative estimate of drug-likeness (QED) is 0.643. The molecule has 0 heterocycles. The van der Waals surface area contributed by atoms with Gasteiger partial charge in [-0.1, -0.05) is 30.3 Å². The summed E-state index contributed by atoms with van der Waals surface area (Å²) >= 11 is 0. The van der Waals surface area contributed by atoms with Gasteiger partial charge in [-0.2, -0.15) is 8.78 Å². The maximum absolute atomic E-state index is 13.4. The second kappa shape index (κ2) is 4.68. The minimum Gasteiger partial charge on any atom is -0.503 e. The predicted molar refractivity (Wildman–Crippen MR) is 57.2 cm³/mol. The molecule has 0 aromatic heterocycles. The van der Waals surface area contributed by atoms with Crippen molar-refractivity contribution in [3.63, 3.8) is 0 Å². The first-order valence-corrected chi connectivity index (χ1v) is 5.10. The van der Waals surface area contributed by atoms with Crippen LogP contribution in [0.1, 0.15) is 11.1 Å². The first kappa shape index (κ1) is 12.4. The molecule has 0 saturated heterocycles. The number of halogens is 4. The summed E-state index contributed by atoms with van der Waals surface area (Å²) in [7, 11) is 0. The van der Waals surface area contributed by atoms with Gasteiger partial charge in [-0.25, -0.2) is 8.78 Å². The van der Waals surface area contributed by atoms with Crippen molar-refractivity contribution in [2.24, 2.45) is 0 Å². The zero-order chi connectivity index (χ0) is 13.3. The van der Waals surface area contributed by atoms with Gasteiger partial charge in [0.05, 0.1) is 0 Å². The summed E-state index contributed by atoms with van der Waals surface area (Å²) in [4.78, 5) is 0. The fourth-order valence-corrected chi connectivity index (χ4v) is 1.62. The van der Waals surface area contributed by atoms with Gasteiger partial charge in [0, 0.05) is 12.0 Å². The van der Waals surface area contributed by atoms with E-state index in [1.54, 1.807) is 30.3 Å². The second-order valence-electron chi connectivity index (χ2n) is 3.75. The van der Waals surface area contributed by atoms with Gasteiger partial charge in [-0.3, -0.25) is 0 Å². The molecular formula is C13H8F4O. The van der Waals surface area contributed by atoms with Crippen molar-refractivity contribution in [2.45, 2.75) is 6.42 Å². The summed E-state index contributed by atoms with van der Waals surface area (Å²) in [5.41, 5.74) is -0.242. The van der Waals surface area contributed by atoms with E-state index in [4.69, 9.17) is 5.11 Å². The molecule has 1 N–H and O–H groups in total. The second-order valence-corrected chi connectivity index (χ2v) is 3.75. The molecule has 0 fully saturated rings.